The van der Waals surface area contributed by atoms with E-state index < -0.39 is 11.6 Å². The van der Waals surface area contributed by atoms with Crippen LogP contribution in [0.2, 0.25) is 0 Å². The molecule has 1 aliphatic rings. The van der Waals surface area contributed by atoms with Gasteiger partial charge >= 0.3 is 5.97 Å². The number of benzene rings is 1. The Bertz CT molecular complexity index is 411. The first-order valence-corrected chi connectivity index (χ1v) is 5.06. The third kappa shape index (κ3) is 1.63. The van der Waals surface area contributed by atoms with Crippen LogP contribution in [0, 0.1) is 6.92 Å². The van der Waals surface area contributed by atoms with Crippen molar-refractivity contribution in [2.75, 3.05) is 0 Å². The molecule has 0 heterocycles. The summed E-state index contributed by atoms with van der Waals surface area (Å²) in [5.41, 5.74) is 1.73. The zero-order chi connectivity index (χ0) is 11.1. The number of rotatable bonds is 2. The topological polar surface area (TPSA) is 57.5 Å². The molecule has 0 radical (unpaired) electrons. The van der Waals surface area contributed by atoms with Crippen LogP contribution in [0.3, 0.4) is 0 Å². The monoisotopic (exact) mass is 206 g/mol. The molecular weight excluding hydrogens is 192 g/mol. The van der Waals surface area contributed by atoms with Crippen LogP contribution >= 0.6 is 0 Å². The quantitative estimate of drug-likeness (QED) is 0.772. The van der Waals surface area contributed by atoms with Crippen LogP contribution < -0.4 is 0 Å². The van der Waals surface area contributed by atoms with Crippen molar-refractivity contribution in [1.29, 1.82) is 0 Å². The van der Waals surface area contributed by atoms with E-state index in [2.05, 4.69) is 0 Å². The number of carboxylic acid groups (broad SMARTS) is 1. The van der Waals surface area contributed by atoms with Gasteiger partial charge in [0.05, 0.1) is 6.42 Å². The summed E-state index contributed by atoms with van der Waals surface area (Å²) in [5.74, 6) is -0.950. The van der Waals surface area contributed by atoms with E-state index in [1.807, 2.05) is 25.1 Å². The van der Waals surface area contributed by atoms with Crippen molar-refractivity contribution in [1.82, 2.24) is 0 Å². The smallest absolute Gasteiger partial charge is 0.306 e. The highest BCUT2D eigenvalue weighted by atomic mass is 16.4. The Balaban J connectivity index is 2.46. The van der Waals surface area contributed by atoms with Gasteiger partial charge in [0.2, 0.25) is 0 Å². The van der Waals surface area contributed by atoms with E-state index >= 15 is 0 Å². The van der Waals surface area contributed by atoms with Gasteiger partial charge in [-0.1, -0.05) is 18.2 Å². The van der Waals surface area contributed by atoms with Gasteiger partial charge in [-0.25, -0.2) is 0 Å². The molecule has 0 bridgehead atoms. The van der Waals surface area contributed by atoms with Crippen LogP contribution in [0.15, 0.2) is 18.2 Å². The number of carbonyl (C=O) groups is 1. The van der Waals surface area contributed by atoms with Gasteiger partial charge in [-0.05, 0) is 36.5 Å². The number of hydrogen-bond acceptors (Lipinski definition) is 2. The SMILES string of the molecule is Cc1cccc2c1C(O)(CC(=O)O)CC2. The van der Waals surface area contributed by atoms with Crippen LogP contribution in [-0.4, -0.2) is 16.2 Å². The second-order valence-corrected chi connectivity index (χ2v) is 4.21. The minimum absolute atomic E-state index is 0.204. The molecule has 1 aromatic carbocycles. The fourth-order valence-corrected chi connectivity index (χ4v) is 2.50. The van der Waals surface area contributed by atoms with Gasteiger partial charge in [-0.15, -0.1) is 0 Å². The molecule has 0 saturated carbocycles. The maximum atomic E-state index is 10.7. The van der Waals surface area contributed by atoms with Crippen molar-refractivity contribution in [2.45, 2.75) is 31.8 Å². The van der Waals surface area contributed by atoms with E-state index in [-0.39, 0.29) is 6.42 Å². The lowest BCUT2D eigenvalue weighted by Crippen LogP contribution is -2.26. The lowest BCUT2D eigenvalue weighted by Gasteiger charge is -2.23. The Morgan fingerprint density at radius 1 is 1.53 bits per heavy atom. The first kappa shape index (κ1) is 10.2. The zero-order valence-electron chi connectivity index (χ0n) is 8.66. The number of carboxylic acids is 1. The van der Waals surface area contributed by atoms with E-state index in [4.69, 9.17) is 5.11 Å². The van der Waals surface area contributed by atoms with Crippen molar-refractivity contribution >= 4 is 5.97 Å². The molecule has 2 N–H and O–H groups in total. The van der Waals surface area contributed by atoms with E-state index in [1.54, 1.807) is 0 Å². The van der Waals surface area contributed by atoms with Gasteiger partial charge in [0, 0.05) is 0 Å². The molecule has 3 nitrogen and oxygen atoms in total. The predicted molar refractivity (Wildman–Crippen MR) is 55.6 cm³/mol. The average molecular weight is 206 g/mol. The summed E-state index contributed by atoms with van der Waals surface area (Å²) < 4.78 is 0. The van der Waals surface area contributed by atoms with Gasteiger partial charge in [0.25, 0.3) is 0 Å². The van der Waals surface area contributed by atoms with E-state index in [0.717, 1.165) is 23.1 Å². The third-order valence-corrected chi connectivity index (χ3v) is 3.08. The van der Waals surface area contributed by atoms with Crippen molar-refractivity contribution in [2.24, 2.45) is 0 Å². The number of aryl methyl sites for hydroxylation is 2. The average Bonchev–Trinajstić information content (AvgIpc) is 2.44. The molecule has 2 rings (SSSR count). The van der Waals surface area contributed by atoms with E-state index in [9.17, 15) is 9.90 Å². The molecule has 1 aromatic rings. The number of aliphatic carboxylic acids is 1. The van der Waals surface area contributed by atoms with Crippen LogP contribution in [0.1, 0.15) is 29.5 Å². The summed E-state index contributed by atoms with van der Waals surface area (Å²) in [6, 6.07) is 5.82. The Hall–Kier alpha value is -1.35. The lowest BCUT2D eigenvalue weighted by atomic mass is 9.89. The summed E-state index contributed by atoms with van der Waals surface area (Å²) in [4.78, 5) is 10.7. The van der Waals surface area contributed by atoms with Gasteiger partial charge in [-0.2, -0.15) is 0 Å². The second kappa shape index (κ2) is 3.35. The standard InChI is InChI=1S/C12H14O3/c1-8-3-2-4-9-5-6-12(15,11(8)9)7-10(13)14/h2-4,15H,5-7H2,1H3,(H,13,14). The predicted octanol–water partition coefficient (Wildman–Crippen LogP) is 1.60. The summed E-state index contributed by atoms with van der Waals surface area (Å²) in [6.45, 7) is 1.91. The fraction of sp³-hybridized carbons (Fsp3) is 0.417. The summed E-state index contributed by atoms with van der Waals surface area (Å²) in [5, 5.41) is 19.1. The Morgan fingerprint density at radius 2 is 2.27 bits per heavy atom. The normalized spacial score (nSPS) is 23.9. The first-order valence-electron chi connectivity index (χ1n) is 5.06. The third-order valence-electron chi connectivity index (χ3n) is 3.08. The number of hydrogen-bond donors (Lipinski definition) is 2. The van der Waals surface area contributed by atoms with Crippen molar-refractivity contribution in [3.63, 3.8) is 0 Å². The number of fused-ring (bicyclic) bond motifs is 1. The zero-order valence-corrected chi connectivity index (χ0v) is 8.66. The van der Waals surface area contributed by atoms with Crippen LogP contribution in [0.4, 0.5) is 0 Å². The minimum Gasteiger partial charge on any atom is -0.481 e. The molecule has 1 atom stereocenters. The van der Waals surface area contributed by atoms with Gasteiger partial charge < -0.3 is 10.2 Å². The molecule has 0 fully saturated rings. The van der Waals surface area contributed by atoms with Crippen molar-refractivity contribution in [3.8, 4) is 0 Å². The molecule has 0 amide bonds. The molecule has 0 spiro atoms. The molecular formula is C12H14O3. The maximum Gasteiger partial charge on any atom is 0.306 e. The minimum atomic E-state index is -1.16. The number of aliphatic hydroxyl groups is 1. The highest BCUT2D eigenvalue weighted by Gasteiger charge is 2.39. The summed E-state index contributed by atoms with van der Waals surface area (Å²) in [6.07, 6.45) is 1.07. The van der Waals surface area contributed by atoms with E-state index in [0.29, 0.717) is 6.42 Å². The Morgan fingerprint density at radius 3 is 2.93 bits per heavy atom. The van der Waals surface area contributed by atoms with Crippen molar-refractivity contribution < 1.29 is 15.0 Å². The molecule has 1 unspecified atom stereocenters. The largest absolute Gasteiger partial charge is 0.481 e. The molecule has 0 aliphatic heterocycles. The summed E-state index contributed by atoms with van der Waals surface area (Å²) >= 11 is 0. The highest BCUT2D eigenvalue weighted by molar-refractivity contribution is 5.69. The van der Waals surface area contributed by atoms with Crippen molar-refractivity contribution in [3.05, 3.63) is 34.9 Å². The molecule has 0 saturated heterocycles. The summed E-state index contributed by atoms with van der Waals surface area (Å²) in [7, 11) is 0. The van der Waals surface area contributed by atoms with Gasteiger partial charge in [0.15, 0.2) is 0 Å². The molecule has 80 valence electrons. The van der Waals surface area contributed by atoms with Gasteiger partial charge in [0.1, 0.15) is 5.60 Å². The Labute approximate surface area is 88.4 Å². The lowest BCUT2D eigenvalue weighted by molar-refractivity contribution is -0.142. The fourth-order valence-electron chi connectivity index (χ4n) is 2.50. The van der Waals surface area contributed by atoms with Gasteiger partial charge in [-0.3, -0.25) is 4.79 Å². The van der Waals surface area contributed by atoms with Crippen LogP contribution in [-0.2, 0) is 16.8 Å². The van der Waals surface area contributed by atoms with Crippen LogP contribution in [0.5, 0.6) is 0 Å². The molecule has 3 heteroatoms. The molecule has 15 heavy (non-hydrogen) atoms. The maximum absolute atomic E-state index is 10.7. The van der Waals surface area contributed by atoms with E-state index in [1.165, 1.54) is 0 Å². The first-order chi connectivity index (χ1) is 7.03. The molecule has 1 aliphatic carbocycles. The Kier molecular flexibility index (Phi) is 2.27. The van der Waals surface area contributed by atoms with Crippen LogP contribution in [0.25, 0.3) is 0 Å². The highest BCUT2D eigenvalue weighted by Crippen LogP contribution is 2.41. The molecule has 0 aromatic heterocycles. The second-order valence-electron chi connectivity index (χ2n) is 4.21.